The highest BCUT2D eigenvalue weighted by Crippen LogP contribution is 2.37. The number of ether oxygens (including phenoxy) is 1. The predicted molar refractivity (Wildman–Crippen MR) is 124 cm³/mol. The van der Waals surface area contributed by atoms with Gasteiger partial charge in [-0.1, -0.05) is 25.1 Å². The number of halogens is 2. The maximum Gasteiger partial charge on any atom is 0.296 e. The summed E-state index contributed by atoms with van der Waals surface area (Å²) in [5.41, 5.74) is 6.38. The summed E-state index contributed by atoms with van der Waals surface area (Å²) >= 11 is 6.85. The number of hydrogen-bond acceptors (Lipinski definition) is 7. The number of anilines is 1. The quantitative estimate of drug-likeness (QED) is 0.302. The van der Waals surface area contributed by atoms with Crippen LogP contribution in [0.25, 0.3) is 0 Å². The molecule has 10 heteroatoms. The average Bonchev–Trinajstić information content (AvgIpc) is 2.65. The molecule has 0 saturated heterocycles. The monoisotopic (exact) mass is 564 g/mol. The molecule has 0 radical (unpaired) electrons. The van der Waals surface area contributed by atoms with E-state index in [4.69, 9.17) is 14.7 Å². The molecule has 0 amide bonds. The van der Waals surface area contributed by atoms with Crippen molar-refractivity contribution in [3.63, 3.8) is 0 Å². The summed E-state index contributed by atoms with van der Waals surface area (Å²) in [5.74, 6) is 0.444. The van der Waals surface area contributed by atoms with E-state index in [1.165, 1.54) is 12.1 Å². The standard InChI is InChI=1S/C20H23Br2NO5S.H3N/c1-13(14(2)28-20-18(21)11-15(23)12-19(20)22)10-16(24)8-9-27-29(25,26)17-6-4-3-5-7-17;/h3-7,11-14H,8-10,23H2,1-2H3;1H3. The zero-order chi connectivity index (χ0) is 21.6. The van der Waals surface area contributed by atoms with E-state index in [1.54, 1.807) is 30.3 Å². The zero-order valence-electron chi connectivity index (χ0n) is 16.8. The van der Waals surface area contributed by atoms with Gasteiger partial charge in [-0.3, -0.25) is 8.98 Å². The van der Waals surface area contributed by atoms with Gasteiger partial charge in [0.15, 0.2) is 0 Å². The third-order valence-corrected chi connectivity index (χ3v) is 6.83. The molecule has 0 heterocycles. The number of hydrogen-bond donors (Lipinski definition) is 2. The van der Waals surface area contributed by atoms with Gasteiger partial charge in [0.05, 0.1) is 26.6 Å². The number of ketones is 1. The van der Waals surface area contributed by atoms with E-state index in [9.17, 15) is 13.2 Å². The minimum absolute atomic E-state index is 0. The Morgan fingerprint density at radius 2 is 1.67 bits per heavy atom. The lowest BCUT2D eigenvalue weighted by Gasteiger charge is -2.22. The van der Waals surface area contributed by atoms with Gasteiger partial charge in [-0.2, -0.15) is 8.42 Å². The highest BCUT2D eigenvalue weighted by molar-refractivity contribution is 9.11. The van der Waals surface area contributed by atoms with Crippen molar-refractivity contribution in [3.8, 4) is 5.75 Å². The molecule has 2 unspecified atom stereocenters. The van der Waals surface area contributed by atoms with E-state index >= 15 is 0 Å². The van der Waals surface area contributed by atoms with Gasteiger partial charge >= 0.3 is 0 Å². The zero-order valence-corrected chi connectivity index (χ0v) is 20.8. The van der Waals surface area contributed by atoms with Gasteiger partial charge in [-0.05, 0) is 69.0 Å². The van der Waals surface area contributed by atoms with Crippen LogP contribution in [0.1, 0.15) is 26.7 Å². The molecule has 2 atom stereocenters. The minimum Gasteiger partial charge on any atom is -0.488 e. The van der Waals surface area contributed by atoms with Crippen molar-refractivity contribution in [3.05, 3.63) is 51.4 Å². The first-order valence-electron chi connectivity index (χ1n) is 8.97. The van der Waals surface area contributed by atoms with Crippen LogP contribution in [0, 0.1) is 5.92 Å². The molecule has 5 N–H and O–H groups in total. The van der Waals surface area contributed by atoms with Crippen LogP contribution >= 0.6 is 31.9 Å². The fourth-order valence-corrected chi connectivity index (χ4v) is 4.88. The van der Waals surface area contributed by atoms with E-state index in [-0.39, 0.29) is 48.3 Å². The molecular formula is C20H26Br2N2O5S. The van der Waals surface area contributed by atoms with Crippen molar-refractivity contribution in [1.29, 1.82) is 0 Å². The second kappa shape index (κ2) is 11.8. The number of carbonyl (C=O) groups excluding carboxylic acids is 1. The first-order valence-corrected chi connectivity index (χ1v) is 12.0. The number of rotatable bonds is 10. The fourth-order valence-electron chi connectivity index (χ4n) is 2.54. The van der Waals surface area contributed by atoms with Crippen molar-refractivity contribution in [1.82, 2.24) is 6.15 Å². The van der Waals surface area contributed by atoms with Gasteiger partial charge in [-0.25, -0.2) is 0 Å². The van der Waals surface area contributed by atoms with E-state index in [0.29, 0.717) is 20.4 Å². The lowest BCUT2D eigenvalue weighted by molar-refractivity contribution is -0.120. The Kier molecular flexibility index (Phi) is 10.5. The molecule has 0 saturated carbocycles. The highest BCUT2D eigenvalue weighted by atomic mass is 79.9. The molecule has 2 aromatic rings. The summed E-state index contributed by atoms with van der Waals surface area (Å²) in [6.45, 7) is 3.60. The molecule has 166 valence electrons. The third kappa shape index (κ3) is 7.66. The highest BCUT2D eigenvalue weighted by Gasteiger charge is 2.21. The van der Waals surface area contributed by atoms with Crippen molar-refractivity contribution >= 4 is 53.4 Å². The summed E-state index contributed by atoms with van der Waals surface area (Å²) in [7, 11) is -3.85. The van der Waals surface area contributed by atoms with E-state index in [0.717, 1.165) is 0 Å². The van der Waals surface area contributed by atoms with Crippen molar-refractivity contribution in [2.45, 2.75) is 37.7 Å². The van der Waals surface area contributed by atoms with Crippen molar-refractivity contribution in [2.75, 3.05) is 12.3 Å². The number of carbonyl (C=O) groups is 1. The summed E-state index contributed by atoms with van der Waals surface area (Å²) < 4.78 is 36.5. The maximum absolute atomic E-state index is 12.2. The van der Waals surface area contributed by atoms with Crippen LogP contribution in [0.4, 0.5) is 5.69 Å². The van der Waals surface area contributed by atoms with Crippen LogP contribution in [0.2, 0.25) is 0 Å². The van der Waals surface area contributed by atoms with E-state index < -0.39 is 10.1 Å². The van der Waals surface area contributed by atoms with Gasteiger partial charge in [0.1, 0.15) is 11.5 Å². The van der Waals surface area contributed by atoms with Gasteiger partial charge in [0, 0.05) is 18.5 Å². The third-order valence-electron chi connectivity index (χ3n) is 4.33. The summed E-state index contributed by atoms with van der Waals surface area (Å²) in [5, 5.41) is 0. The van der Waals surface area contributed by atoms with Crippen LogP contribution in [-0.2, 0) is 19.1 Å². The first-order chi connectivity index (χ1) is 13.6. The second-order valence-electron chi connectivity index (χ2n) is 6.70. The van der Waals surface area contributed by atoms with Crippen LogP contribution < -0.4 is 16.6 Å². The molecule has 30 heavy (non-hydrogen) atoms. The average molecular weight is 566 g/mol. The Balaban J connectivity index is 0.00000450. The summed E-state index contributed by atoms with van der Waals surface area (Å²) in [4.78, 5) is 12.3. The van der Waals surface area contributed by atoms with E-state index in [1.807, 2.05) is 13.8 Å². The molecule has 7 nitrogen and oxygen atoms in total. The molecule has 0 spiro atoms. The Hall–Kier alpha value is -1.46. The maximum atomic E-state index is 12.2. The number of nitrogen functional groups attached to an aromatic ring is 1. The van der Waals surface area contributed by atoms with Crippen LogP contribution in [0.3, 0.4) is 0 Å². The molecule has 0 aliphatic rings. The molecule has 0 aliphatic heterocycles. The smallest absolute Gasteiger partial charge is 0.296 e. The van der Waals surface area contributed by atoms with Crippen LogP contribution in [0.5, 0.6) is 5.75 Å². The predicted octanol–water partition coefficient (Wildman–Crippen LogP) is 5.11. The number of Topliss-reactive ketones (excluding diaryl/α,β-unsaturated/α-hetero) is 1. The largest absolute Gasteiger partial charge is 0.488 e. The Labute approximate surface area is 194 Å². The van der Waals surface area contributed by atoms with Gasteiger partial charge in [0.2, 0.25) is 0 Å². The summed E-state index contributed by atoms with van der Waals surface area (Å²) in [6, 6.07) is 11.3. The normalized spacial score (nSPS) is 13.2. The van der Waals surface area contributed by atoms with Crippen LogP contribution in [0.15, 0.2) is 56.3 Å². The molecule has 0 aromatic heterocycles. The molecule has 0 bridgehead atoms. The van der Waals surface area contributed by atoms with Gasteiger partial charge < -0.3 is 16.6 Å². The number of nitrogens with two attached hydrogens (primary N) is 1. The topological polar surface area (TPSA) is 131 Å². The van der Waals surface area contributed by atoms with E-state index in [2.05, 4.69) is 31.9 Å². The van der Waals surface area contributed by atoms with Crippen LogP contribution in [-0.4, -0.2) is 26.9 Å². The SMILES string of the molecule is CC(CC(=O)CCOS(=O)(=O)c1ccccc1)C(C)Oc1c(Br)cc(N)cc1Br.N. The van der Waals surface area contributed by atoms with Crippen molar-refractivity contribution in [2.24, 2.45) is 5.92 Å². The van der Waals surface area contributed by atoms with Gasteiger partial charge in [-0.15, -0.1) is 0 Å². The van der Waals surface area contributed by atoms with Gasteiger partial charge in [0.25, 0.3) is 10.1 Å². The Morgan fingerprint density at radius 3 is 2.23 bits per heavy atom. The Morgan fingerprint density at radius 1 is 1.10 bits per heavy atom. The molecule has 2 rings (SSSR count). The lowest BCUT2D eigenvalue weighted by atomic mass is 9.98. The Bertz CT molecular complexity index is 932. The molecule has 0 fully saturated rings. The molecular weight excluding hydrogens is 540 g/mol. The van der Waals surface area contributed by atoms with Crippen molar-refractivity contribution < 1.29 is 22.1 Å². The second-order valence-corrected chi connectivity index (χ2v) is 10.0. The minimum atomic E-state index is -3.85. The summed E-state index contributed by atoms with van der Waals surface area (Å²) in [6.07, 6.45) is 0.0162. The first kappa shape index (κ1) is 26.6. The lowest BCUT2D eigenvalue weighted by Crippen LogP contribution is -2.24. The number of benzene rings is 2. The molecule has 2 aromatic carbocycles. The fraction of sp³-hybridized carbons (Fsp3) is 0.350. The molecule has 0 aliphatic carbocycles.